The van der Waals surface area contributed by atoms with Gasteiger partial charge in [-0.15, -0.1) is 5.10 Å². The number of carbonyl (C=O) groups is 1. The lowest BCUT2D eigenvalue weighted by molar-refractivity contribution is -0.119. The normalized spacial score (nSPS) is 23.5. The molecule has 1 fully saturated rings. The largest absolute Gasteiger partial charge is 0.408 e. The average Bonchev–Trinajstić information content (AvgIpc) is 2.89. The van der Waals surface area contributed by atoms with E-state index in [1.165, 1.54) is 6.42 Å². The van der Waals surface area contributed by atoms with Gasteiger partial charge in [-0.25, -0.2) is 0 Å². The molecular weight excluding hydrogens is 270 g/mol. The summed E-state index contributed by atoms with van der Waals surface area (Å²) in [5.74, 6) is 0.532. The maximum atomic E-state index is 12.1. The molecule has 7 nitrogen and oxygen atoms in total. The van der Waals surface area contributed by atoms with Crippen LogP contribution in [0.15, 0.2) is 4.42 Å². The number of piperidine rings is 1. The van der Waals surface area contributed by atoms with Gasteiger partial charge in [0.2, 0.25) is 11.8 Å². The summed E-state index contributed by atoms with van der Waals surface area (Å²) in [7, 11) is 0. The van der Waals surface area contributed by atoms with Crippen molar-refractivity contribution in [2.75, 3.05) is 18.4 Å². The molecule has 1 aromatic heterocycles. The molecule has 0 radical (unpaired) electrons. The second-order valence-corrected chi connectivity index (χ2v) is 5.99. The number of nitrogens with one attached hydrogen (secondary N) is 1. The molecule has 1 aliphatic heterocycles. The van der Waals surface area contributed by atoms with Crippen molar-refractivity contribution in [1.82, 2.24) is 15.1 Å². The molecule has 1 saturated heterocycles. The van der Waals surface area contributed by atoms with Crippen LogP contribution in [0.25, 0.3) is 0 Å². The maximum Gasteiger partial charge on any atom is 0.322 e. The van der Waals surface area contributed by atoms with Crippen molar-refractivity contribution in [3.05, 3.63) is 5.89 Å². The Labute approximate surface area is 125 Å². The van der Waals surface area contributed by atoms with Gasteiger partial charge in [-0.1, -0.05) is 25.4 Å². The van der Waals surface area contributed by atoms with Gasteiger partial charge in [0.15, 0.2) is 0 Å². The highest BCUT2D eigenvalue weighted by molar-refractivity contribution is 5.90. The number of aromatic nitrogens is 2. The standard InChI is InChI=1S/C14H25N5O2/c1-9(2)13-17-18-14(21-13)16-12(20)8-19-10(3)5-4-6-11(19)7-15/h9-11H,4-8,15H2,1-3H3,(H,16,18,20). The lowest BCUT2D eigenvalue weighted by Gasteiger charge is -2.39. The molecule has 7 heteroatoms. The number of anilines is 1. The molecule has 0 saturated carbocycles. The summed E-state index contributed by atoms with van der Waals surface area (Å²) in [5.41, 5.74) is 5.81. The van der Waals surface area contributed by atoms with Gasteiger partial charge in [0.05, 0.1) is 6.54 Å². The summed E-state index contributed by atoms with van der Waals surface area (Å²) in [6.07, 6.45) is 3.32. The third kappa shape index (κ3) is 4.01. The number of rotatable bonds is 5. The SMILES string of the molecule is CC(C)c1nnc(NC(=O)CN2C(C)CCCC2CN)o1. The minimum Gasteiger partial charge on any atom is -0.408 e. The maximum absolute atomic E-state index is 12.1. The molecule has 2 heterocycles. The molecule has 21 heavy (non-hydrogen) atoms. The third-order valence-electron chi connectivity index (χ3n) is 3.97. The summed E-state index contributed by atoms with van der Waals surface area (Å²) in [6.45, 7) is 6.94. The van der Waals surface area contributed by atoms with Crippen LogP contribution in [0.3, 0.4) is 0 Å². The van der Waals surface area contributed by atoms with Crippen LogP contribution in [0.4, 0.5) is 6.01 Å². The topological polar surface area (TPSA) is 97.3 Å². The number of amides is 1. The summed E-state index contributed by atoms with van der Waals surface area (Å²) < 4.78 is 5.39. The molecule has 118 valence electrons. The Balaban J connectivity index is 1.93. The number of nitrogens with two attached hydrogens (primary N) is 1. The van der Waals surface area contributed by atoms with Crippen molar-refractivity contribution < 1.29 is 9.21 Å². The van der Waals surface area contributed by atoms with Crippen molar-refractivity contribution in [2.45, 2.75) is 58.0 Å². The predicted molar refractivity (Wildman–Crippen MR) is 79.9 cm³/mol. The van der Waals surface area contributed by atoms with E-state index in [1.54, 1.807) is 0 Å². The van der Waals surface area contributed by atoms with Gasteiger partial charge in [-0.3, -0.25) is 15.0 Å². The highest BCUT2D eigenvalue weighted by atomic mass is 16.4. The van der Waals surface area contributed by atoms with Crippen molar-refractivity contribution in [3.8, 4) is 0 Å². The number of likely N-dealkylation sites (tertiary alicyclic amines) is 1. The number of carbonyl (C=O) groups excluding carboxylic acids is 1. The summed E-state index contributed by atoms with van der Waals surface area (Å²) >= 11 is 0. The van der Waals surface area contributed by atoms with E-state index in [9.17, 15) is 4.79 Å². The van der Waals surface area contributed by atoms with E-state index in [0.29, 0.717) is 25.0 Å². The molecule has 1 amide bonds. The molecule has 1 aromatic rings. The van der Waals surface area contributed by atoms with Crippen LogP contribution < -0.4 is 11.1 Å². The molecule has 0 aromatic carbocycles. The van der Waals surface area contributed by atoms with Gasteiger partial charge in [0.25, 0.3) is 0 Å². The quantitative estimate of drug-likeness (QED) is 0.850. The molecule has 2 unspecified atom stereocenters. The highest BCUT2D eigenvalue weighted by Gasteiger charge is 2.28. The molecular formula is C14H25N5O2. The van der Waals surface area contributed by atoms with E-state index in [0.717, 1.165) is 12.8 Å². The van der Waals surface area contributed by atoms with E-state index < -0.39 is 0 Å². The fourth-order valence-electron chi connectivity index (χ4n) is 2.72. The van der Waals surface area contributed by atoms with Crippen LogP contribution in [0, 0.1) is 0 Å². The average molecular weight is 295 g/mol. The molecule has 0 aliphatic carbocycles. The van der Waals surface area contributed by atoms with Gasteiger partial charge in [0, 0.05) is 24.5 Å². The first kappa shape index (κ1) is 15.9. The van der Waals surface area contributed by atoms with E-state index >= 15 is 0 Å². The summed E-state index contributed by atoms with van der Waals surface area (Å²) in [5, 5.41) is 10.4. The number of hydrogen-bond acceptors (Lipinski definition) is 6. The molecule has 2 atom stereocenters. The minimum atomic E-state index is -0.138. The Bertz CT molecular complexity index is 474. The van der Waals surface area contributed by atoms with Crippen molar-refractivity contribution in [1.29, 1.82) is 0 Å². The first-order chi connectivity index (χ1) is 10.0. The Hall–Kier alpha value is -1.47. The van der Waals surface area contributed by atoms with Crippen LogP contribution in [-0.2, 0) is 4.79 Å². The Morgan fingerprint density at radius 2 is 2.24 bits per heavy atom. The van der Waals surface area contributed by atoms with Crippen LogP contribution in [-0.4, -0.2) is 46.2 Å². The molecule has 0 bridgehead atoms. The molecule has 3 N–H and O–H groups in total. The predicted octanol–water partition coefficient (Wildman–Crippen LogP) is 1.33. The van der Waals surface area contributed by atoms with Crippen LogP contribution in [0.2, 0.25) is 0 Å². The smallest absolute Gasteiger partial charge is 0.322 e. The fourth-order valence-corrected chi connectivity index (χ4v) is 2.72. The third-order valence-corrected chi connectivity index (χ3v) is 3.97. The van der Waals surface area contributed by atoms with Gasteiger partial charge < -0.3 is 10.2 Å². The fraction of sp³-hybridized carbons (Fsp3) is 0.786. The Morgan fingerprint density at radius 1 is 1.48 bits per heavy atom. The van der Waals surface area contributed by atoms with Gasteiger partial charge in [-0.2, -0.15) is 0 Å². The monoisotopic (exact) mass is 295 g/mol. The zero-order valence-corrected chi connectivity index (χ0v) is 13.0. The number of hydrogen-bond donors (Lipinski definition) is 2. The first-order valence-electron chi connectivity index (χ1n) is 7.60. The van der Waals surface area contributed by atoms with Crippen molar-refractivity contribution in [2.24, 2.45) is 5.73 Å². The molecule has 0 spiro atoms. The zero-order chi connectivity index (χ0) is 15.4. The lowest BCUT2D eigenvalue weighted by Crippen LogP contribution is -2.51. The minimum absolute atomic E-state index is 0.138. The summed E-state index contributed by atoms with van der Waals surface area (Å²) in [4.78, 5) is 14.3. The van der Waals surface area contributed by atoms with Gasteiger partial charge in [0.1, 0.15) is 0 Å². The van der Waals surface area contributed by atoms with Gasteiger partial charge >= 0.3 is 6.01 Å². The Morgan fingerprint density at radius 3 is 2.86 bits per heavy atom. The Kier molecular flexibility index (Phi) is 5.30. The second kappa shape index (κ2) is 7.00. The van der Waals surface area contributed by atoms with Crippen molar-refractivity contribution >= 4 is 11.9 Å². The van der Waals surface area contributed by atoms with Crippen LogP contribution in [0.1, 0.15) is 51.8 Å². The van der Waals surface area contributed by atoms with Gasteiger partial charge in [-0.05, 0) is 19.8 Å². The first-order valence-corrected chi connectivity index (χ1v) is 7.60. The number of nitrogens with zero attached hydrogens (tertiary/aromatic N) is 3. The van der Waals surface area contributed by atoms with E-state index in [2.05, 4.69) is 27.3 Å². The highest BCUT2D eigenvalue weighted by Crippen LogP contribution is 2.22. The van der Waals surface area contributed by atoms with Crippen molar-refractivity contribution in [3.63, 3.8) is 0 Å². The van der Waals surface area contributed by atoms with E-state index in [1.807, 2.05) is 13.8 Å². The lowest BCUT2D eigenvalue weighted by atomic mass is 9.96. The molecule has 1 aliphatic rings. The van der Waals surface area contributed by atoms with Crippen LogP contribution in [0.5, 0.6) is 0 Å². The zero-order valence-electron chi connectivity index (χ0n) is 13.0. The summed E-state index contributed by atoms with van der Waals surface area (Å²) in [6, 6.07) is 0.804. The van der Waals surface area contributed by atoms with Crippen LogP contribution >= 0.6 is 0 Å². The van der Waals surface area contributed by atoms with E-state index in [-0.39, 0.29) is 23.9 Å². The second-order valence-electron chi connectivity index (χ2n) is 5.99. The molecule has 2 rings (SSSR count). The van der Waals surface area contributed by atoms with E-state index in [4.69, 9.17) is 10.2 Å².